The Hall–Kier alpha value is -2.01. The van der Waals surface area contributed by atoms with Gasteiger partial charge in [0.25, 0.3) is 0 Å². The topological polar surface area (TPSA) is 24.1 Å². The van der Waals surface area contributed by atoms with Crippen molar-refractivity contribution in [3.05, 3.63) is 65.7 Å². The van der Waals surface area contributed by atoms with Gasteiger partial charge in [0.2, 0.25) is 0 Å². The van der Waals surface area contributed by atoms with Gasteiger partial charge in [-0.05, 0) is 42.0 Å². The summed E-state index contributed by atoms with van der Waals surface area (Å²) in [6.45, 7) is 0.373. The molecular weight excluding hydrogens is 266 g/mol. The van der Waals surface area contributed by atoms with E-state index in [9.17, 15) is 8.78 Å². The summed E-state index contributed by atoms with van der Waals surface area (Å²) in [6, 6.07) is 12.4. The van der Waals surface area contributed by atoms with Crippen LogP contribution in [0.15, 0.2) is 48.5 Å². The number of hydrogen-bond acceptors (Lipinski definition) is 1. The minimum atomic E-state index is -0.377. The molecular formula is C14H12F2N2S. The van der Waals surface area contributed by atoms with Crippen molar-refractivity contribution in [1.82, 2.24) is 5.32 Å². The maximum atomic E-state index is 13.4. The van der Waals surface area contributed by atoms with Crippen LogP contribution in [-0.2, 0) is 6.54 Å². The summed E-state index contributed by atoms with van der Waals surface area (Å²) in [7, 11) is 0. The van der Waals surface area contributed by atoms with Gasteiger partial charge in [-0.25, -0.2) is 8.78 Å². The van der Waals surface area contributed by atoms with Crippen molar-refractivity contribution in [2.75, 3.05) is 5.32 Å². The van der Waals surface area contributed by atoms with Gasteiger partial charge in [-0.2, -0.15) is 0 Å². The van der Waals surface area contributed by atoms with Crippen LogP contribution in [-0.4, -0.2) is 5.11 Å². The summed E-state index contributed by atoms with van der Waals surface area (Å²) < 4.78 is 26.3. The molecule has 0 aliphatic carbocycles. The molecule has 0 saturated heterocycles. The van der Waals surface area contributed by atoms with Crippen LogP contribution >= 0.6 is 12.2 Å². The Morgan fingerprint density at radius 1 is 1.05 bits per heavy atom. The van der Waals surface area contributed by atoms with Gasteiger partial charge in [0.05, 0.1) is 5.69 Å². The zero-order valence-corrected chi connectivity index (χ0v) is 10.8. The quantitative estimate of drug-likeness (QED) is 0.841. The first-order valence-electron chi connectivity index (χ1n) is 5.69. The van der Waals surface area contributed by atoms with Gasteiger partial charge in [-0.15, -0.1) is 0 Å². The Balaban J connectivity index is 1.90. The Morgan fingerprint density at radius 2 is 1.84 bits per heavy atom. The molecule has 2 rings (SSSR count). The maximum Gasteiger partial charge on any atom is 0.171 e. The smallest absolute Gasteiger partial charge is 0.171 e. The molecule has 0 aromatic heterocycles. The van der Waals surface area contributed by atoms with Crippen molar-refractivity contribution in [3.63, 3.8) is 0 Å². The number of anilines is 1. The Bertz CT molecular complexity index is 587. The molecule has 0 unspecified atom stereocenters. The van der Waals surface area contributed by atoms with Crippen LogP contribution in [0.5, 0.6) is 0 Å². The highest BCUT2D eigenvalue weighted by atomic mass is 32.1. The monoisotopic (exact) mass is 278 g/mol. The van der Waals surface area contributed by atoms with Crippen LogP contribution in [0.1, 0.15) is 5.56 Å². The number of para-hydroxylation sites is 1. The van der Waals surface area contributed by atoms with Gasteiger partial charge in [0.15, 0.2) is 5.11 Å². The Morgan fingerprint density at radius 3 is 2.58 bits per heavy atom. The molecule has 0 aliphatic heterocycles. The minimum absolute atomic E-state index is 0.286. The molecule has 0 saturated carbocycles. The van der Waals surface area contributed by atoms with E-state index < -0.39 is 0 Å². The summed E-state index contributed by atoms with van der Waals surface area (Å²) in [5, 5.41) is 5.92. The van der Waals surface area contributed by atoms with Crippen LogP contribution in [0.2, 0.25) is 0 Å². The highest BCUT2D eigenvalue weighted by Gasteiger charge is 2.03. The second-order valence-electron chi connectivity index (χ2n) is 3.92. The fraction of sp³-hybridized carbons (Fsp3) is 0.0714. The normalized spacial score (nSPS) is 10.0. The SMILES string of the molecule is Fc1cccc(CNC(=S)Nc2ccccc2F)c1. The highest BCUT2D eigenvalue weighted by Crippen LogP contribution is 2.12. The van der Waals surface area contributed by atoms with Crippen LogP contribution in [0.25, 0.3) is 0 Å². The first-order valence-corrected chi connectivity index (χ1v) is 6.10. The summed E-state index contributed by atoms with van der Waals surface area (Å²) in [5.41, 5.74) is 1.07. The van der Waals surface area contributed by atoms with Crippen molar-refractivity contribution in [2.45, 2.75) is 6.54 Å². The van der Waals surface area contributed by atoms with Crippen LogP contribution < -0.4 is 10.6 Å². The van der Waals surface area contributed by atoms with E-state index >= 15 is 0 Å². The van der Waals surface area contributed by atoms with Crippen molar-refractivity contribution in [1.29, 1.82) is 0 Å². The molecule has 19 heavy (non-hydrogen) atoms. The van der Waals surface area contributed by atoms with E-state index in [2.05, 4.69) is 10.6 Å². The molecule has 2 N–H and O–H groups in total. The lowest BCUT2D eigenvalue weighted by atomic mass is 10.2. The fourth-order valence-corrected chi connectivity index (χ4v) is 1.74. The molecule has 0 fully saturated rings. The Kier molecular flexibility index (Phi) is 4.41. The number of halogens is 2. The van der Waals surface area contributed by atoms with Gasteiger partial charge in [0.1, 0.15) is 11.6 Å². The molecule has 2 nitrogen and oxygen atoms in total. The fourth-order valence-electron chi connectivity index (χ4n) is 1.56. The van der Waals surface area contributed by atoms with E-state index in [1.54, 1.807) is 30.3 Å². The van der Waals surface area contributed by atoms with Gasteiger partial charge in [-0.1, -0.05) is 24.3 Å². The lowest BCUT2D eigenvalue weighted by Gasteiger charge is -2.11. The molecule has 0 atom stereocenters. The zero-order chi connectivity index (χ0) is 13.7. The average molecular weight is 278 g/mol. The molecule has 0 bridgehead atoms. The summed E-state index contributed by atoms with van der Waals surface area (Å²) in [4.78, 5) is 0. The van der Waals surface area contributed by atoms with Gasteiger partial charge < -0.3 is 10.6 Å². The third kappa shape index (κ3) is 3.99. The molecule has 0 aliphatic rings. The molecule has 0 heterocycles. The molecule has 0 radical (unpaired) electrons. The first-order chi connectivity index (χ1) is 9.15. The number of thiocarbonyl (C=S) groups is 1. The van der Waals surface area contributed by atoms with Gasteiger partial charge >= 0.3 is 0 Å². The minimum Gasteiger partial charge on any atom is -0.358 e. The van der Waals surface area contributed by atoms with E-state index in [1.807, 2.05) is 0 Å². The van der Waals surface area contributed by atoms with E-state index in [0.29, 0.717) is 12.2 Å². The van der Waals surface area contributed by atoms with Crippen molar-refractivity contribution in [2.24, 2.45) is 0 Å². The van der Waals surface area contributed by atoms with Gasteiger partial charge in [0, 0.05) is 6.54 Å². The summed E-state index contributed by atoms with van der Waals surface area (Å²) in [6.07, 6.45) is 0. The van der Waals surface area contributed by atoms with Crippen LogP contribution in [0.4, 0.5) is 14.5 Å². The number of hydrogen-bond donors (Lipinski definition) is 2. The van der Waals surface area contributed by atoms with Crippen molar-refractivity contribution >= 4 is 23.0 Å². The predicted molar refractivity (Wildman–Crippen MR) is 75.9 cm³/mol. The summed E-state index contributed by atoms with van der Waals surface area (Å²) in [5.74, 6) is -0.676. The van der Waals surface area contributed by atoms with E-state index in [1.165, 1.54) is 18.2 Å². The largest absolute Gasteiger partial charge is 0.358 e. The molecule has 2 aromatic carbocycles. The first kappa shape index (κ1) is 13.4. The standard InChI is InChI=1S/C14H12F2N2S/c15-11-5-3-4-10(8-11)9-17-14(19)18-13-7-2-1-6-12(13)16/h1-8H,9H2,(H2,17,18,19). The lowest BCUT2D eigenvalue weighted by molar-refractivity contribution is 0.625. The van der Waals surface area contributed by atoms with E-state index in [-0.39, 0.29) is 16.7 Å². The second-order valence-corrected chi connectivity index (χ2v) is 4.33. The lowest BCUT2D eigenvalue weighted by Crippen LogP contribution is -2.28. The average Bonchev–Trinajstić information content (AvgIpc) is 2.39. The van der Waals surface area contributed by atoms with Crippen molar-refractivity contribution in [3.8, 4) is 0 Å². The molecule has 5 heteroatoms. The number of rotatable bonds is 3. The van der Waals surface area contributed by atoms with Crippen molar-refractivity contribution < 1.29 is 8.78 Å². The third-order valence-corrected chi connectivity index (χ3v) is 2.71. The van der Waals surface area contributed by atoms with Crippen LogP contribution in [0, 0.1) is 11.6 Å². The van der Waals surface area contributed by atoms with Crippen LogP contribution in [0.3, 0.4) is 0 Å². The highest BCUT2D eigenvalue weighted by molar-refractivity contribution is 7.80. The number of nitrogens with one attached hydrogen (secondary N) is 2. The third-order valence-electron chi connectivity index (χ3n) is 2.46. The van der Waals surface area contributed by atoms with E-state index in [4.69, 9.17) is 12.2 Å². The predicted octanol–water partition coefficient (Wildman–Crippen LogP) is 3.45. The zero-order valence-electron chi connectivity index (χ0n) is 9.99. The molecule has 98 valence electrons. The van der Waals surface area contributed by atoms with Gasteiger partial charge in [-0.3, -0.25) is 0 Å². The second kappa shape index (κ2) is 6.24. The molecule has 0 amide bonds. The maximum absolute atomic E-state index is 13.4. The molecule has 0 spiro atoms. The molecule has 2 aromatic rings. The Labute approximate surface area is 115 Å². The summed E-state index contributed by atoms with van der Waals surface area (Å²) >= 11 is 5.05. The van der Waals surface area contributed by atoms with E-state index in [0.717, 1.165) is 5.56 Å². The number of benzene rings is 2.